The Morgan fingerprint density at radius 1 is 1.56 bits per heavy atom. The quantitative estimate of drug-likeness (QED) is 0.833. The van der Waals surface area contributed by atoms with E-state index in [0.717, 1.165) is 0 Å². The molecule has 0 radical (unpaired) electrons. The van der Waals surface area contributed by atoms with E-state index in [1.807, 2.05) is 20.8 Å². The molecule has 0 unspecified atom stereocenters. The number of rotatable bonds is 2. The van der Waals surface area contributed by atoms with E-state index in [1.54, 1.807) is 0 Å². The van der Waals surface area contributed by atoms with Gasteiger partial charge in [0.1, 0.15) is 5.82 Å². The molecule has 0 aromatic carbocycles. The van der Waals surface area contributed by atoms with E-state index < -0.39 is 0 Å². The SMILES string of the molecule is CC(C)(C)CNC(=O)c1cnc(N)c(Cl)c1. The molecule has 0 aliphatic carbocycles. The predicted octanol–water partition coefficient (Wildman–Crippen LogP) is 2.09. The summed E-state index contributed by atoms with van der Waals surface area (Å²) in [5, 5.41) is 3.10. The first-order valence-corrected chi connectivity index (χ1v) is 5.36. The van der Waals surface area contributed by atoms with Crippen LogP contribution in [0.25, 0.3) is 0 Å². The molecule has 0 aliphatic heterocycles. The third-order valence-corrected chi connectivity index (χ3v) is 2.21. The van der Waals surface area contributed by atoms with Gasteiger partial charge in [0.25, 0.3) is 5.91 Å². The van der Waals surface area contributed by atoms with Crippen molar-refractivity contribution in [1.82, 2.24) is 10.3 Å². The molecule has 0 atom stereocenters. The van der Waals surface area contributed by atoms with Crippen molar-refractivity contribution in [3.63, 3.8) is 0 Å². The van der Waals surface area contributed by atoms with Crippen molar-refractivity contribution in [3.05, 3.63) is 22.8 Å². The van der Waals surface area contributed by atoms with E-state index in [1.165, 1.54) is 12.3 Å². The van der Waals surface area contributed by atoms with Gasteiger partial charge in [0.05, 0.1) is 10.6 Å². The van der Waals surface area contributed by atoms with Crippen LogP contribution >= 0.6 is 11.6 Å². The zero-order valence-electron chi connectivity index (χ0n) is 9.67. The number of aromatic nitrogens is 1. The standard InChI is InChI=1S/C11H16ClN3O/c1-11(2,3)6-15-10(16)7-4-8(12)9(13)14-5-7/h4-5H,6H2,1-3H3,(H2,13,14)(H,15,16). The zero-order valence-corrected chi connectivity index (χ0v) is 10.4. The van der Waals surface area contributed by atoms with Gasteiger partial charge in [-0.3, -0.25) is 4.79 Å². The van der Waals surface area contributed by atoms with Gasteiger partial charge in [-0.25, -0.2) is 4.98 Å². The van der Waals surface area contributed by atoms with Crippen molar-refractivity contribution in [1.29, 1.82) is 0 Å². The normalized spacial score (nSPS) is 11.2. The number of amides is 1. The largest absolute Gasteiger partial charge is 0.382 e. The molecule has 88 valence electrons. The van der Waals surface area contributed by atoms with Crippen LogP contribution in [-0.2, 0) is 0 Å². The van der Waals surface area contributed by atoms with Gasteiger partial charge >= 0.3 is 0 Å². The molecule has 1 amide bonds. The highest BCUT2D eigenvalue weighted by Crippen LogP contribution is 2.17. The van der Waals surface area contributed by atoms with Gasteiger partial charge in [0.15, 0.2) is 0 Å². The van der Waals surface area contributed by atoms with Crippen molar-refractivity contribution in [2.45, 2.75) is 20.8 Å². The number of nitrogens with zero attached hydrogens (tertiary/aromatic N) is 1. The highest BCUT2D eigenvalue weighted by Gasteiger charge is 2.13. The van der Waals surface area contributed by atoms with Crippen LogP contribution in [0.2, 0.25) is 5.02 Å². The first kappa shape index (κ1) is 12.8. The van der Waals surface area contributed by atoms with Crippen molar-refractivity contribution >= 4 is 23.3 Å². The maximum Gasteiger partial charge on any atom is 0.252 e. The monoisotopic (exact) mass is 241 g/mol. The van der Waals surface area contributed by atoms with Crippen LogP contribution in [0.1, 0.15) is 31.1 Å². The first-order chi connectivity index (χ1) is 7.29. The minimum absolute atomic E-state index is 0.0424. The molecule has 5 heteroatoms. The number of hydrogen-bond donors (Lipinski definition) is 2. The Balaban J connectivity index is 2.70. The molecule has 0 bridgehead atoms. The lowest BCUT2D eigenvalue weighted by Gasteiger charge is -2.18. The van der Waals surface area contributed by atoms with Gasteiger partial charge in [0, 0.05) is 12.7 Å². The Morgan fingerprint density at radius 2 is 2.19 bits per heavy atom. The first-order valence-electron chi connectivity index (χ1n) is 4.99. The highest BCUT2D eigenvalue weighted by molar-refractivity contribution is 6.33. The number of carbonyl (C=O) groups excluding carboxylic acids is 1. The molecule has 1 heterocycles. The van der Waals surface area contributed by atoms with E-state index in [9.17, 15) is 4.79 Å². The van der Waals surface area contributed by atoms with Gasteiger partial charge in [0.2, 0.25) is 0 Å². The third kappa shape index (κ3) is 3.70. The second-order valence-corrected chi connectivity index (χ2v) is 5.24. The highest BCUT2D eigenvalue weighted by atomic mass is 35.5. The third-order valence-electron chi connectivity index (χ3n) is 1.91. The van der Waals surface area contributed by atoms with Crippen LogP contribution in [0.4, 0.5) is 5.82 Å². The Kier molecular flexibility index (Phi) is 3.75. The molecule has 4 nitrogen and oxygen atoms in total. The number of nitrogens with two attached hydrogens (primary N) is 1. The fourth-order valence-corrected chi connectivity index (χ4v) is 1.19. The number of halogens is 1. The van der Waals surface area contributed by atoms with Crippen LogP contribution in [0.15, 0.2) is 12.3 Å². The summed E-state index contributed by atoms with van der Waals surface area (Å²) < 4.78 is 0. The van der Waals surface area contributed by atoms with Gasteiger partial charge in [-0.1, -0.05) is 32.4 Å². The zero-order chi connectivity index (χ0) is 12.3. The molecule has 0 saturated heterocycles. The van der Waals surface area contributed by atoms with Gasteiger partial charge in [-0.2, -0.15) is 0 Å². The summed E-state index contributed by atoms with van der Waals surface area (Å²) in [4.78, 5) is 15.5. The fraction of sp³-hybridized carbons (Fsp3) is 0.455. The molecule has 0 fully saturated rings. The number of nitrogens with one attached hydrogen (secondary N) is 1. The van der Waals surface area contributed by atoms with Gasteiger partial charge < -0.3 is 11.1 Å². The van der Waals surface area contributed by atoms with Crippen LogP contribution in [-0.4, -0.2) is 17.4 Å². The molecule has 1 aromatic rings. The van der Waals surface area contributed by atoms with Gasteiger partial charge in [-0.15, -0.1) is 0 Å². The smallest absolute Gasteiger partial charge is 0.252 e. The molecule has 1 rings (SSSR count). The summed E-state index contributed by atoms with van der Waals surface area (Å²) >= 11 is 5.78. The fourth-order valence-electron chi connectivity index (χ4n) is 1.02. The summed E-state index contributed by atoms with van der Waals surface area (Å²) in [6, 6.07) is 1.52. The molecule has 0 spiro atoms. The minimum atomic E-state index is -0.190. The lowest BCUT2D eigenvalue weighted by Crippen LogP contribution is -2.32. The molecule has 0 saturated carbocycles. The molecule has 0 aliphatic rings. The molecular formula is C11H16ClN3O. The summed E-state index contributed by atoms with van der Waals surface area (Å²) in [6.45, 7) is 6.72. The summed E-state index contributed by atoms with van der Waals surface area (Å²) in [5.41, 5.74) is 5.92. The number of anilines is 1. The summed E-state index contributed by atoms with van der Waals surface area (Å²) in [6.07, 6.45) is 1.42. The lowest BCUT2D eigenvalue weighted by molar-refractivity contribution is 0.0939. The molecule has 1 aromatic heterocycles. The summed E-state index contributed by atoms with van der Waals surface area (Å²) in [7, 11) is 0. The number of carbonyl (C=O) groups is 1. The van der Waals surface area contributed by atoms with E-state index in [2.05, 4.69) is 10.3 Å². The Morgan fingerprint density at radius 3 is 2.69 bits per heavy atom. The van der Waals surface area contributed by atoms with Crippen LogP contribution in [0.3, 0.4) is 0 Å². The topological polar surface area (TPSA) is 68.0 Å². The van der Waals surface area contributed by atoms with Crippen molar-refractivity contribution in [2.24, 2.45) is 5.41 Å². The predicted molar refractivity (Wildman–Crippen MR) is 65.4 cm³/mol. The second-order valence-electron chi connectivity index (χ2n) is 4.83. The molecule has 3 N–H and O–H groups in total. The lowest BCUT2D eigenvalue weighted by atomic mass is 9.97. The average Bonchev–Trinajstić information content (AvgIpc) is 2.17. The Labute approximate surface area is 100 Å². The maximum absolute atomic E-state index is 11.7. The van der Waals surface area contributed by atoms with E-state index in [0.29, 0.717) is 17.1 Å². The Bertz CT molecular complexity index is 399. The van der Waals surface area contributed by atoms with E-state index >= 15 is 0 Å². The number of hydrogen-bond acceptors (Lipinski definition) is 3. The number of nitrogen functional groups attached to an aromatic ring is 1. The van der Waals surface area contributed by atoms with Crippen molar-refractivity contribution in [2.75, 3.05) is 12.3 Å². The van der Waals surface area contributed by atoms with E-state index in [4.69, 9.17) is 17.3 Å². The molecular weight excluding hydrogens is 226 g/mol. The van der Waals surface area contributed by atoms with Gasteiger partial charge in [-0.05, 0) is 11.5 Å². The Hall–Kier alpha value is -1.29. The number of pyridine rings is 1. The maximum atomic E-state index is 11.7. The second kappa shape index (κ2) is 4.70. The van der Waals surface area contributed by atoms with Crippen molar-refractivity contribution < 1.29 is 4.79 Å². The molecule has 16 heavy (non-hydrogen) atoms. The van der Waals surface area contributed by atoms with Crippen LogP contribution in [0.5, 0.6) is 0 Å². The summed E-state index contributed by atoms with van der Waals surface area (Å²) in [5.74, 6) is 0.0402. The minimum Gasteiger partial charge on any atom is -0.382 e. The van der Waals surface area contributed by atoms with E-state index in [-0.39, 0.29) is 17.1 Å². The van der Waals surface area contributed by atoms with Crippen LogP contribution in [0, 0.1) is 5.41 Å². The van der Waals surface area contributed by atoms with Crippen molar-refractivity contribution in [3.8, 4) is 0 Å². The average molecular weight is 242 g/mol. The van der Waals surface area contributed by atoms with Crippen LogP contribution < -0.4 is 11.1 Å².